The van der Waals surface area contributed by atoms with Crippen LogP contribution in [0.4, 0.5) is 0 Å². The lowest BCUT2D eigenvalue weighted by Crippen LogP contribution is -2.05. The second kappa shape index (κ2) is 5.41. The van der Waals surface area contributed by atoms with Crippen LogP contribution in [0, 0.1) is 0 Å². The molecule has 2 aliphatic rings. The number of benzene rings is 2. The van der Waals surface area contributed by atoms with E-state index in [1.165, 1.54) is 22.3 Å². The van der Waals surface area contributed by atoms with Crippen LogP contribution < -0.4 is 4.74 Å². The van der Waals surface area contributed by atoms with Gasteiger partial charge in [0.15, 0.2) is 0 Å². The van der Waals surface area contributed by atoms with E-state index in [0.717, 1.165) is 18.6 Å². The number of ether oxygens (including phenoxy) is 1. The van der Waals surface area contributed by atoms with E-state index in [-0.39, 0.29) is 12.1 Å². The molecule has 0 amide bonds. The molecule has 2 atom stereocenters. The lowest BCUT2D eigenvalue weighted by Gasteiger charge is -2.15. The first kappa shape index (κ1) is 13.3. The third-order valence-electron chi connectivity index (χ3n) is 4.51. The highest BCUT2D eigenvalue weighted by atomic mass is 16.5. The van der Waals surface area contributed by atoms with Gasteiger partial charge in [-0.1, -0.05) is 42.5 Å². The molecule has 4 rings (SSSR count). The van der Waals surface area contributed by atoms with Crippen molar-refractivity contribution in [3.63, 3.8) is 0 Å². The van der Waals surface area contributed by atoms with Crippen molar-refractivity contribution >= 4 is 5.57 Å². The standard InChI is InChI=1S/C19H18N2O/c1-22-15-9-7-14(8-10-15)18(13-5-3-2-4-6-13)19-16-11-12-17(19)21-20-16/h2-10,16-17H,11-12H2,1H3. The highest BCUT2D eigenvalue weighted by Gasteiger charge is 2.38. The predicted molar refractivity (Wildman–Crippen MR) is 87.1 cm³/mol. The van der Waals surface area contributed by atoms with Crippen LogP contribution in [0.2, 0.25) is 0 Å². The maximum Gasteiger partial charge on any atom is 0.118 e. The van der Waals surface area contributed by atoms with E-state index >= 15 is 0 Å². The molecule has 2 aromatic carbocycles. The Morgan fingerprint density at radius 3 is 2.00 bits per heavy atom. The Balaban J connectivity index is 1.88. The maximum absolute atomic E-state index is 5.28. The Morgan fingerprint density at radius 1 is 0.864 bits per heavy atom. The summed E-state index contributed by atoms with van der Waals surface area (Å²) in [4.78, 5) is 0. The summed E-state index contributed by atoms with van der Waals surface area (Å²) in [6.07, 6.45) is 2.24. The minimum absolute atomic E-state index is 0.266. The third kappa shape index (κ3) is 2.13. The van der Waals surface area contributed by atoms with E-state index in [2.05, 4.69) is 52.7 Å². The molecule has 1 fully saturated rings. The van der Waals surface area contributed by atoms with Crippen LogP contribution >= 0.6 is 0 Å². The van der Waals surface area contributed by atoms with Crippen molar-refractivity contribution in [3.8, 4) is 5.75 Å². The van der Waals surface area contributed by atoms with Gasteiger partial charge in [-0.3, -0.25) is 0 Å². The van der Waals surface area contributed by atoms with Gasteiger partial charge in [0.25, 0.3) is 0 Å². The summed E-state index contributed by atoms with van der Waals surface area (Å²) in [7, 11) is 1.69. The van der Waals surface area contributed by atoms with Gasteiger partial charge in [-0.25, -0.2) is 0 Å². The van der Waals surface area contributed by atoms with Crippen molar-refractivity contribution in [3.05, 3.63) is 71.3 Å². The number of fused-ring (bicyclic) bond motifs is 2. The zero-order valence-electron chi connectivity index (χ0n) is 12.6. The third-order valence-corrected chi connectivity index (χ3v) is 4.51. The molecular weight excluding hydrogens is 272 g/mol. The van der Waals surface area contributed by atoms with Gasteiger partial charge in [0.05, 0.1) is 19.2 Å². The number of hydrogen-bond donors (Lipinski definition) is 0. The average Bonchev–Trinajstić information content (AvgIpc) is 3.17. The fourth-order valence-electron chi connectivity index (χ4n) is 3.45. The molecule has 0 aromatic heterocycles. The fraction of sp³-hybridized carbons (Fsp3) is 0.263. The Labute approximate surface area is 130 Å². The van der Waals surface area contributed by atoms with Crippen molar-refractivity contribution in [2.45, 2.75) is 24.9 Å². The normalized spacial score (nSPS) is 22.1. The average molecular weight is 290 g/mol. The number of rotatable bonds is 3. The first-order valence-corrected chi connectivity index (χ1v) is 7.70. The Kier molecular flexibility index (Phi) is 3.26. The predicted octanol–water partition coefficient (Wildman–Crippen LogP) is 4.49. The van der Waals surface area contributed by atoms with Gasteiger partial charge in [0, 0.05) is 0 Å². The fourth-order valence-corrected chi connectivity index (χ4v) is 3.45. The summed E-state index contributed by atoms with van der Waals surface area (Å²) in [5, 5.41) is 8.87. The number of azo groups is 1. The summed E-state index contributed by atoms with van der Waals surface area (Å²) in [6.45, 7) is 0. The van der Waals surface area contributed by atoms with Crippen LogP contribution in [-0.4, -0.2) is 19.2 Å². The van der Waals surface area contributed by atoms with Crippen LogP contribution in [0.15, 0.2) is 70.4 Å². The second-order valence-electron chi connectivity index (χ2n) is 5.76. The smallest absolute Gasteiger partial charge is 0.118 e. The van der Waals surface area contributed by atoms with Crippen molar-refractivity contribution in [1.82, 2.24) is 0 Å². The molecule has 2 bridgehead atoms. The van der Waals surface area contributed by atoms with Crippen LogP contribution in [0.25, 0.3) is 5.57 Å². The Hall–Kier alpha value is -2.42. The molecule has 0 radical (unpaired) electrons. The van der Waals surface area contributed by atoms with Gasteiger partial charge in [0.2, 0.25) is 0 Å². The van der Waals surface area contributed by atoms with Crippen molar-refractivity contribution in [1.29, 1.82) is 0 Å². The summed E-state index contributed by atoms with van der Waals surface area (Å²) in [5.74, 6) is 0.880. The summed E-state index contributed by atoms with van der Waals surface area (Å²) < 4.78 is 5.28. The number of nitrogens with zero attached hydrogens (tertiary/aromatic N) is 2. The number of hydrogen-bond acceptors (Lipinski definition) is 3. The first-order valence-electron chi connectivity index (χ1n) is 7.70. The lowest BCUT2D eigenvalue weighted by molar-refractivity contribution is 0.415. The molecule has 1 aliphatic carbocycles. The van der Waals surface area contributed by atoms with Crippen LogP contribution in [0.5, 0.6) is 5.75 Å². The Morgan fingerprint density at radius 2 is 1.45 bits per heavy atom. The monoisotopic (exact) mass is 290 g/mol. The minimum atomic E-state index is 0.266. The SMILES string of the molecule is COc1ccc(C(=C2C3CCC2N=N3)c2ccccc2)cc1. The van der Waals surface area contributed by atoms with E-state index in [9.17, 15) is 0 Å². The zero-order chi connectivity index (χ0) is 14.9. The molecule has 3 heteroatoms. The zero-order valence-corrected chi connectivity index (χ0v) is 12.6. The molecule has 22 heavy (non-hydrogen) atoms. The van der Waals surface area contributed by atoms with E-state index in [1.54, 1.807) is 7.11 Å². The molecule has 1 heterocycles. The highest BCUT2D eigenvalue weighted by Crippen LogP contribution is 2.43. The van der Waals surface area contributed by atoms with E-state index in [4.69, 9.17) is 4.74 Å². The number of methoxy groups -OCH3 is 1. The van der Waals surface area contributed by atoms with E-state index < -0.39 is 0 Å². The van der Waals surface area contributed by atoms with Gasteiger partial charge >= 0.3 is 0 Å². The molecule has 1 saturated carbocycles. The van der Waals surface area contributed by atoms with Gasteiger partial charge < -0.3 is 4.74 Å². The maximum atomic E-state index is 5.28. The largest absolute Gasteiger partial charge is 0.497 e. The molecule has 2 unspecified atom stereocenters. The second-order valence-corrected chi connectivity index (χ2v) is 5.76. The van der Waals surface area contributed by atoms with Gasteiger partial charge in [-0.15, -0.1) is 0 Å². The lowest BCUT2D eigenvalue weighted by atomic mass is 9.90. The van der Waals surface area contributed by atoms with E-state index in [0.29, 0.717) is 0 Å². The van der Waals surface area contributed by atoms with Gasteiger partial charge in [-0.05, 0) is 47.2 Å². The van der Waals surface area contributed by atoms with Crippen molar-refractivity contribution < 1.29 is 4.74 Å². The van der Waals surface area contributed by atoms with E-state index in [1.807, 2.05) is 12.1 Å². The molecule has 3 nitrogen and oxygen atoms in total. The quantitative estimate of drug-likeness (QED) is 0.819. The molecule has 0 spiro atoms. The molecular formula is C19H18N2O. The molecule has 0 saturated heterocycles. The molecule has 110 valence electrons. The molecule has 2 aromatic rings. The summed E-state index contributed by atoms with van der Waals surface area (Å²) >= 11 is 0. The van der Waals surface area contributed by atoms with Gasteiger partial charge in [-0.2, -0.15) is 10.2 Å². The van der Waals surface area contributed by atoms with Crippen LogP contribution in [-0.2, 0) is 0 Å². The van der Waals surface area contributed by atoms with Gasteiger partial charge in [0.1, 0.15) is 5.75 Å². The Bertz CT molecular complexity index is 716. The van der Waals surface area contributed by atoms with Crippen LogP contribution in [0.1, 0.15) is 24.0 Å². The minimum Gasteiger partial charge on any atom is -0.497 e. The topological polar surface area (TPSA) is 34.0 Å². The van der Waals surface area contributed by atoms with Crippen molar-refractivity contribution in [2.24, 2.45) is 10.2 Å². The molecule has 0 N–H and O–H groups in total. The summed E-state index contributed by atoms with van der Waals surface area (Å²) in [5.41, 5.74) is 5.13. The van der Waals surface area contributed by atoms with Crippen LogP contribution in [0.3, 0.4) is 0 Å². The first-order chi connectivity index (χ1) is 10.9. The molecule has 1 aliphatic heterocycles. The van der Waals surface area contributed by atoms with Crippen molar-refractivity contribution in [2.75, 3.05) is 7.11 Å². The highest BCUT2D eigenvalue weighted by molar-refractivity contribution is 5.84. The summed E-state index contributed by atoms with van der Waals surface area (Å²) in [6, 6.07) is 19.4.